The minimum Gasteiger partial charge on any atom is -0.488 e. The molecule has 1 aromatic carbocycles. The molecule has 0 atom stereocenters. The molecule has 1 aromatic heterocycles. The fourth-order valence-electron chi connectivity index (χ4n) is 1.63. The van der Waals surface area contributed by atoms with Crippen molar-refractivity contribution in [2.24, 2.45) is 0 Å². The topological polar surface area (TPSA) is 25.0 Å². The van der Waals surface area contributed by atoms with Crippen LogP contribution in [0.2, 0.25) is 0 Å². The highest BCUT2D eigenvalue weighted by Gasteiger charge is 2.22. The number of nitrogens with one attached hydrogen (secondary N) is 1. The predicted molar refractivity (Wildman–Crippen MR) is 54.1 cm³/mol. The van der Waals surface area contributed by atoms with Gasteiger partial charge in [-0.3, -0.25) is 0 Å². The Morgan fingerprint density at radius 3 is 2.50 bits per heavy atom. The fourth-order valence-corrected chi connectivity index (χ4v) is 1.63. The van der Waals surface area contributed by atoms with Crippen molar-refractivity contribution in [2.45, 2.75) is 13.8 Å². The van der Waals surface area contributed by atoms with E-state index in [1.807, 2.05) is 0 Å². The molecule has 0 radical (unpaired) electrons. The van der Waals surface area contributed by atoms with Gasteiger partial charge in [0.1, 0.15) is 0 Å². The standard InChI is InChI=1S/C11H10F3NO/c1-3-16-11-7(12)6-4-5(2)15-10(6)8(13)9(11)14/h4,15H,3H2,1-2H3. The van der Waals surface area contributed by atoms with Gasteiger partial charge in [0.15, 0.2) is 17.4 Å². The van der Waals surface area contributed by atoms with E-state index in [1.165, 1.54) is 6.07 Å². The lowest BCUT2D eigenvalue weighted by molar-refractivity contribution is 0.298. The Morgan fingerprint density at radius 1 is 1.19 bits per heavy atom. The van der Waals surface area contributed by atoms with E-state index >= 15 is 0 Å². The average Bonchev–Trinajstić information content (AvgIpc) is 2.64. The van der Waals surface area contributed by atoms with Crippen LogP contribution in [0.5, 0.6) is 5.75 Å². The first-order valence-electron chi connectivity index (χ1n) is 4.84. The van der Waals surface area contributed by atoms with Crippen LogP contribution in [-0.4, -0.2) is 11.6 Å². The molecule has 0 aliphatic rings. The van der Waals surface area contributed by atoms with E-state index in [2.05, 4.69) is 4.98 Å². The highest BCUT2D eigenvalue weighted by molar-refractivity contribution is 5.83. The van der Waals surface area contributed by atoms with Crippen LogP contribution in [0.25, 0.3) is 10.9 Å². The maximum Gasteiger partial charge on any atom is 0.205 e. The van der Waals surface area contributed by atoms with Gasteiger partial charge in [0.25, 0.3) is 0 Å². The summed E-state index contributed by atoms with van der Waals surface area (Å²) >= 11 is 0. The molecule has 86 valence electrons. The third-order valence-electron chi connectivity index (χ3n) is 2.29. The monoisotopic (exact) mass is 229 g/mol. The van der Waals surface area contributed by atoms with Crippen LogP contribution in [-0.2, 0) is 0 Å². The summed E-state index contributed by atoms with van der Waals surface area (Å²) in [6, 6.07) is 1.41. The molecule has 0 bridgehead atoms. The number of aryl methyl sites for hydroxylation is 1. The quantitative estimate of drug-likeness (QED) is 0.785. The molecule has 0 saturated carbocycles. The largest absolute Gasteiger partial charge is 0.488 e. The molecular weight excluding hydrogens is 219 g/mol. The summed E-state index contributed by atoms with van der Waals surface area (Å²) in [4.78, 5) is 2.57. The minimum absolute atomic E-state index is 0.000139. The molecule has 0 fully saturated rings. The third kappa shape index (κ3) is 1.43. The zero-order valence-corrected chi connectivity index (χ0v) is 8.83. The number of halogens is 3. The lowest BCUT2D eigenvalue weighted by Gasteiger charge is -2.07. The number of ether oxygens (including phenoxy) is 1. The summed E-state index contributed by atoms with van der Waals surface area (Å²) in [7, 11) is 0. The highest BCUT2D eigenvalue weighted by Crippen LogP contribution is 2.32. The fraction of sp³-hybridized carbons (Fsp3) is 0.273. The number of hydrogen-bond donors (Lipinski definition) is 1. The van der Waals surface area contributed by atoms with Gasteiger partial charge >= 0.3 is 0 Å². The Hall–Kier alpha value is -1.65. The summed E-state index contributed by atoms with van der Waals surface area (Å²) in [6.45, 7) is 3.28. The maximum absolute atomic E-state index is 13.8. The lowest BCUT2D eigenvalue weighted by atomic mass is 10.2. The summed E-state index contributed by atoms with van der Waals surface area (Å²) in [5.74, 6) is -3.95. The summed E-state index contributed by atoms with van der Waals surface area (Å²) in [5.41, 5.74) is 0.386. The smallest absolute Gasteiger partial charge is 0.205 e. The van der Waals surface area contributed by atoms with Crippen LogP contribution in [0.3, 0.4) is 0 Å². The highest BCUT2D eigenvalue weighted by atomic mass is 19.2. The Bertz CT molecular complexity index is 548. The van der Waals surface area contributed by atoms with Gasteiger partial charge in [-0.05, 0) is 19.9 Å². The Labute approximate surface area is 90.0 Å². The molecule has 1 heterocycles. The van der Waals surface area contributed by atoms with Crippen molar-refractivity contribution in [2.75, 3.05) is 6.61 Å². The van der Waals surface area contributed by atoms with Gasteiger partial charge < -0.3 is 9.72 Å². The molecule has 0 amide bonds. The van der Waals surface area contributed by atoms with Gasteiger partial charge in [0, 0.05) is 11.1 Å². The second-order valence-electron chi connectivity index (χ2n) is 3.45. The molecule has 0 aliphatic carbocycles. The molecular formula is C11H10F3NO. The average molecular weight is 229 g/mol. The maximum atomic E-state index is 13.8. The Kier molecular flexibility index (Phi) is 2.53. The van der Waals surface area contributed by atoms with E-state index in [0.29, 0.717) is 5.69 Å². The van der Waals surface area contributed by atoms with E-state index in [0.717, 1.165) is 0 Å². The zero-order chi connectivity index (χ0) is 11.9. The van der Waals surface area contributed by atoms with Gasteiger partial charge in [-0.1, -0.05) is 0 Å². The lowest BCUT2D eigenvalue weighted by Crippen LogP contribution is -2.01. The van der Waals surface area contributed by atoms with Crippen LogP contribution in [0, 0.1) is 24.4 Å². The van der Waals surface area contributed by atoms with E-state index in [9.17, 15) is 13.2 Å². The van der Waals surface area contributed by atoms with Crippen molar-refractivity contribution in [1.82, 2.24) is 4.98 Å². The van der Waals surface area contributed by atoms with Gasteiger partial charge in [-0.15, -0.1) is 0 Å². The molecule has 2 rings (SSSR count). The molecule has 0 aliphatic heterocycles. The minimum atomic E-state index is -1.30. The van der Waals surface area contributed by atoms with Crippen molar-refractivity contribution in [3.63, 3.8) is 0 Å². The number of fused-ring (bicyclic) bond motifs is 1. The molecule has 2 aromatic rings. The summed E-state index contributed by atoms with van der Waals surface area (Å²) in [6.07, 6.45) is 0. The van der Waals surface area contributed by atoms with Crippen LogP contribution in [0.4, 0.5) is 13.2 Å². The molecule has 2 nitrogen and oxygen atoms in total. The SMILES string of the molecule is CCOc1c(F)c(F)c2[nH]c(C)cc2c1F. The first-order chi connectivity index (χ1) is 7.56. The van der Waals surface area contributed by atoms with Crippen molar-refractivity contribution < 1.29 is 17.9 Å². The molecule has 0 saturated heterocycles. The summed E-state index contributed by atoms with van der Waals surface area (Å²) in [5, 5.41) is -0.000139. The molecule has 0 spiro atoms. The number of aromatic amines is 1. The first-order valence-corrected chi connectivity index (χ1v) is 4.84. The predicted octanol–water partition coefficient (Wildman–Crippen LogP) is 3.29. The van der Waals surface area contributed by atoms with Crippen LogP contribution in [0.1, 0.15) is 12.6 Å². The Morgan fingerprint density at radius 2 is 1.88 bits per heavy atom. The van der Waals surface area contributed by atoms with Crippen LogP contribution < -0.4 is 4.74 Å². The zero-order valence-electron chi connectivity index (χ0n) is 8.83. The van der Waals surface area contributed by atoms with Crippen molar-refractivity contribution >= 4 is 10.9 Å². The number of H-pyrrole nitrogens is 1. The number of rotatable bonds is 2. The molecule has 16 heavy (non-hydrogen) atoms. The van der Waals surface area contributed by atoms with E-state index in [1.54, 1.807) is 13.8 Å². The van der Waals surface area contributed by atoms with Crippen molar-refractivity contribution in [3.8, 4) is 5.75 Å². The second-order valence-corrected chi connectivity index (χ2v) is 3.45. The molecule has 5 heteroatoms. The van der Waals surface area contributed by atoms with Crippen LogP contribution in [0.15, 0.2) is 6.07 Å². The van der Waals surface area contributed by atoms with E-state index in [-0.39, 0.29) is 17.5 Å². The van der Waals surface area contributed by atoms with Gasteiger partial charge in [-0.25, -0.2) is 8.78 Å². The molecule has 0 unspecified atom stereocenters. The van der Waals surface area contributed by atoms with Gasteiger partial charge in [0.05, 0.1) is 12.1 Å². The normalized spacial score (nSPS) is 11.1. The number of benzene rings is 1. The summed E-state index contributed by atoms with van der Waals surface area (Å²) < 4.78 is 45.5. The number of aromatic nitrogens is 1. The van der Waals surface area contributed by atoms with Gasteiger partial charge in [0.2, 0.25) is 5.82 Å². The van der Waals surface area contributed by atoms with Crippen molar-refractivity contribution in [3.05, 3.63) is 29.2 Å². The van der Waals surface area contributed by atoms with E-state index < -0.39 is 23.2 Å². The number of hydrogen-bond acceptors (Lipinski definition) is 1. The van der Waals surface area contributed by atoms with Crippen molar-refractivity contribution in [1.29, 1.82) is 0 Å². The molecule has 1 N–H and O–H groups in total. The third-order valence-corrected chi connectivity index (χ3v) is 2.29. The Balaban J connectivity index is 2.82. The second kappa shape index (κ2) is 3.73. The van der Waals surface area contributed by atoms with Crippen LogP contribution >= 0.6 is 0 Å². The van der Waals surface area contributed by atoms with Gasteiger partial charge in [-0.2, -0.15) is 4.39 Å². The van der Waals surface area contributed by atoms with E-state index in [4.69, 9.17) is 4.74 Å². The first kappa shape index (κ1) is 10.9.